The van der Waals surface area contributed by atoms with E-state index < -0.39 is 0 Å². The van der Waals surface area contributed by atoms with E-state index >= 15 is 0 Å². The molecule has 1 amide bonds. The molecule has 0 aromatic carbocycles. The molecule has 2 atom stereocenters. The quantitative estimate of drug-likeness (QED) is 0.497. The van der Waals surface area contributed by atoms with Crippen molar-refractivity contribution in [2.45, 2.75) is 57.5 Å². The predicted molar refractivity (Wildman–Crippen MR) is 66.8 cm³/mol. The first-order chi connectivity index (χ1) is 7.74. The second kappa shape index (κ2) is 6.37. The van der Waals surface area contributed by atoms with Gasteiger partial charge in [0.25, 0.3) is 0 Å². The van der Waals surface area contributed by atoms with Gasteiger partial charge in [-0.25, -0.2) is 0 Å². The topological polar surface area (TPSA) is 20.3 Å². The van der Waals surface area contributed by atoms with Gasteiger partial charge in [0, 0.05) is 24.9 Å². The highest BCUT2D eigenvalue weighted by atomic mass is 16.2. The second-order valence-corrected chi connectivity index (χ2v) is 4.37. The summed E-state index contributed by atoms with van der Waals surface area (Å²) in [5, 5.41) is 0. The zero-order valence-corrected chi connectivity index (χ0v) is 10.1. The van der Waals surface area contributed by atoms with E-state index in [1.165, 1.54) is 0 Å². The van der Waals surface area contributed by atoms with Gasteiger partial charge in [0.15, 0.2) is 0 Å². The summed E-state index contributed by atoms with van der Waals surface area (Å²) in [6.07, 6.45) is 12.5. The smallest absolute Gasteiger partial charge is 0.223 e. The first-order valence-corrected chi connectivity index (χ1v) is 6.10. The molecule has 0 aliphatic carbocycles. The lowest BCUT2D eigenvalue weighted by molar-refractivity contribution is -0.131. The number of nitrogens with zero attached hydrogens (tertiary/aromatic N) is 1. The Hall–Kier alpha value is -1.23. The number of likely N-dealkylation sites (tertiary alicyclic amines) is 1. The highest BCUT2D eigenvalue weighted by Crippen LogP contribution is 2.27. The molecule has 2 heteroatoms. The van der Waals surface area contributed by atoms with Gasteiger partial charge >= 0.3 is 0 Å². The largest absolute Gasteiger partial charge is 0.335 e. The van der Waals surface area contributed by atoms with E-state index in [4.69, 9.17) is 6.42 Å². The van der Waals surface area contributed by atoms with Crippen molar-refractivity contribution in [3.8, 4) is 12.3 Å². The maximum absolute atomic E-state index is 11.9. The molecule has 2 nitrogen and oxygen atoms in total. The number of hydrogen-bond donors (Lipinski definition) is 0. The van der Waals surface area contributed by atoms with Crippen LogP contribution in [0.25, 0.3) is 0 Å². The van der Waals surface area contributed by atoms with Crippen LogP contribution in [0.1, 0.15) is 45.4 Å². The summed E-state index contributed by atoms with van der Waals surface area (Å²) < 4.78 is 0. The monoisotopic (exact) mass is 219 g/mol. The van der Waals surface area contributed by atoms with E-state index in [9.17, 15) is 4.79 Å². The lowest BCUT2D eigenvalue weighted by atomic mass is 10.0. The molecule has 1 fully saturated rings. The number of amides is 1. The van der Waals surface area contributed by atoms with Crippen molar-refractivity contribution < 1.29 is 4.79 Å². The van der Waals surface area contributed by atoms with E-state index in [2.05, 4.69) is 19.4 Å². The lowest BCUT2D eigenvalue weighted by Gasteiger charge is -2.32. The van der Waals surface area contributed by atoms with Gasteiger partial charge in [-0.2, -0.15) is 0 Å². The summed E-state index contributed by atoms with van der Waals surface area (Å²) in [4.78, 5) is 13.9. The first-order valence-electron chi connectivity index (χ1n) is 6.10. The maximum atomic E-state index is 11.9. The number of carbonyl (C=O) groups is 1. The van der Waals surface area contributed by atoms with Gasteiger partial charge in [-0.05, 0) is 19.3 Å². The molecule has 0 N–H and O–H groups in total. The van der Waals surface area contributed by atoms with Crippen molar-refractivity contribution in [1.29, 1.82) is 0 Å². The molecule has 1 aliphatic rings. The minimum atomic E-state index is 0.258. The Kier molecular flexibility index (Phi) is 5.11. The molecule has 1 aliphatic heterocycles. The third kappa shape index (κ3) is 2.88. The van der Waals surface area contributed by atoms with Gasteiger partial charge in [-0.15, -0.1) is 18.9 Å². The molecule has 0 aromatic heterocycles. The minimum absolute atomic E-state index is 0.258. The third-order valence-electron chi connectivity index (χ3n) is 3.18. The molecule has 0 radical (unpaired) electrons. The van der Waals surface area contributed by atoms with Crippen molar-refractivity contribution in [2.24, 2.45) is 0 Å². The molecule has 1 rings (SSSR count). The predicted octanol–water partition coefficient (Wildman–Crippen LogP) is 2.75. The molecule has 0 aromatic rings. The fraction of sp³-hybridized carbons (Fsp3) is 0.643. The van der Waals surface area contributed by atoms with Crippen LogP contribution in [0.2, 0.25) is 0 Å². The summed E-state index contributed by atoms with van der Waals surface area (Å²) in [7, 11) is 0. The SMILES string of the molecule is C#CCC1CCC(=O)N1C(CC=C)CCC. The van der Waals surface area contributed by atoms with E-state index in [-0.39, 0.29) is 11.9 Å². The van der Waals surface area contributed by atoms with E-state index in [0.717, 1.165) is 25.7 Å². The number of rotatable bonds is 6. The maximum Gasteiger partial charge on any atom is 0.223 e. The number of carbonyl (C=O) groups excluding carboxylic acids is 1. The average molecular weight is 219 g/mol. The summed E-state index contributed by atoms with van der Waals surface area (Å²) in [5.41, 5.74) is 0. The molecular formula is C14H21NO. The molecular weight excluding hydrogens is 198 g/mol. The van der Waals surface area contributed by atoms with E-state index in [1.807, 2.05) is 11.0 Å². The molecule has 1 heterocycles. The van der Waals surface area contributed by atoms with Crippen molar-refractivity contribution in [3.05, 3.63) is 12.7 Å². The standard InChI is InChI=1S/C14H21NO/c1-4-7-12(8-5-2)15-13(9-6-3)10-11-14(15)16/h3-4,12-13H,1,5,7-11H2,2H3. The fourth-order valence-electron chi connectivity index (χ4n) is 2.50. The van der Waals surface area contributed by atoms with Crippen LogP contribution in [0.4, 0.5) is 0 Å². The average Bonchev–Trinajstić information content (AvgIpc) is 2.60. The molecule has 2 unspecified atom stereocenters. The van der Waals surface area contributed by atoms with Crippen LogP contribution < -0.4 is 0 Å². The molecule has 16 heavy (non-hydrogen) atoms. The van der Waals surface area contributed by atoms with E-state index in [0.29, 0.717) is 18.9 Å². The Balaban J connectivity index is 2.74. The minimum Gasteiger partial charge on any atom is -0.335 e. The Morgan fingerprint density at radius 2 is 2.50 bits per heavy atom. The Morgan fingerprint density at radius 1 is 1.75 bits per heavy atom. The fourth-order valence-corrected chi connectivity index (χ4v) is 2.50. The van der Waals surface area contributed by atoms with Crippen LogP contribution in [0.3, 0.4) is 0 Å². The summed E-state index contributed by atoms with van der Waals surface area (Å²) in [5.74, 6) is 2.94. The van der Waals surface area contributed by atoms with Crippen molar-refractivity contribution >= 4 is 5.91 Å². The second-order valence-electron chi connectivity index (χ2n) is 4.37. The van der Waals surface area contributed by atoms with Crippen LogP contribution in [0.5, 0.6) is 0 Å². The Bertz CT molecular complexity index is 290. The van der Waals surface area contributed by atoms with Gasteiger partial charge in [0.2, 0.25) is 5.91 Å². The molecule has 0 bridgehead atoms. The zero-order chi connectivity index (χ0) is 12.0. The van der Waals surface area contributed by atoms with Gasteiger partial charge in [0.05, 0.1) is 0 Å². The van der Waals surface area contributed by atoms with Crippen LogP contribution in [0.15, 0.2) is 12.7 Å². The highest BCUT2D eigenvalue weighted by Gasteiger charge is 2.34. The summed E-state index contributed by atoms with van der Waals surface area (Å²) in [6.45, 7) is 5.92. The number of hydrogen-bond acceptors (Lipinski definition) is 1. The molecule has 0 saturated carbocycles. The Labute approximate surface area is 98.7 Å². The lowest BCUT2D eigenvalue weighted by Crippen LogP contribution is -2.41. The normalized spacial score (nSPS) is 21.9. The van der Waals surface area contributed by atoms with E-state index in [1.54, 1.807) is 0 Å². The highest BCUT2D eigenvalue weighted by molar-refractivity contribution is 5.79. The van der Waals surface area contributed by atoms with Crippen LogP contribution in [-0.4, -0.2) is 22.9 Å². The van der Waals surface area contributed by atoms with Gasteiger partial charge in [-0.3, -0.25) is 4.79 Å². The summed E-state index contributed by atoms with van der Waals surface area (Å²) in [6, 6.07) is 0.560. The zero-order valence-electron chi connectivity index (χ0n) is 10.1. The van der Waals surface area contributed by atoms with Gasteiger partial charge < -0.3 is 4.90 Å². The molecule has 88 valence electrons. The summed E-state index contributed by atoms with van der Waals surface area (Å²) >= 11 is 0. The van der Waals surface area contributed by atoms with Crippen LogP contribution in [-0.2, 0) is 4.79 Å². The van der Waals surface area contributed by atoms with Crippen molar-refractivity contribution in [3.63, 3.8) is 0 Å². The molecule has 0 spiro atoms. The van der Waals surface area contributed by atoms with Crippen LogP contribution >= 0.6 is 0 Å². The number of terminal acetylenes is 1. The Morgan fingerprint density at radius 3 is 3.06 bits per heavy atom. The third-order valence-corrected chi connectivity index (χ3v) is 3.18. The van der Waals surface area contributed by atoms with Crippen LogP contribution in [0, 0.1) is 12.3 Å². The van der Waals surface area contributed by atoms with Gasteiger partial charge in [-0.1, -0.05) is 19.4 Å². The van der Waals surface area contributed by atoms with Crippen molar-refractivity contribution in [1.82, 2.24) is 4.90 Å². The molecule has 1 saturated heterocycles. The van der Waals surface area contributed by atoms with Gasteiger partial charge in [0.1, 0.15) is 0 Å². The van der Waals surface area contributed by atoms with Crippen molar-refractivity contribution in [2.75, 3.05) is 0 Å². The first kappa shape index (κ1) is 12.8.